The van der Waals surface area contributed by atoms with Gasteiger partial charge in [0.25, 0.3) is 5.91 Å². The molecule has 0 atom stereocenters. The largest absolute Gasteiger partial charge is 0.395 e. The minimum atomic E-state index is -0.0602. The number of amides is 1. The van der Waals surface area contributed by atoms with Crippen molar-refractivity contribution in [2.75, 3.05) is 18.8 Å². The zero-order chi connectivity index (χ0) is 12.4. The number of nitrogens with one attached hydrogen (secondary N) is 1. The number of H-pyrrole nitrogens is 1. The van der Waals surface area contributed by atoms with Gasteiger partial charge in [-0.05, 0) is 26.2 Å². The molecule has 3 N–H and O–H groups in total. The van der Waals surface area contributed by atoms with Gasteiger partial charge in [-0.1, -0.05) is 6.92 Å². The molecule has 0 radical (unpaired) electrons. The first kappa shape index (κ1) is 12.0. The topological polar surface area (TPSA) is 75.0 Å². The number of rotatable bonds is 5. The molecule has 1 aliphatic rings. The number of nitrogen functional groups attached to an aromatic ring is 1. The van der Waals surface area contributed by atoms with Gasteiger partial charge in [-0.2, -0.15) is 5.10 Å². The minimum Gasteiger partial charge on any atom is -0.395 e. The van der Waals surface area contributed by atoms with Gasteiger partial charge in [-0.15, -0.1) is 0 Å². The summed E-state index contributed by atoms with van der Waals surface area (Å²) in [4.78, 5) is 14.0. The lowest BCUT2D eigenvalue weighted by Gasteiger charge is -2.18. The van der Waals surface area contributed by atoms with E-state index in [2.05, 4.69) is 17.1 Å². The Morgan fingerprint density at radius 2 is 2.24 bits per heavy atom. The first-order chi connectivity index (χ1) is 8.19. The second-order valence-electron chi connectivity index (χ2n) is 4.56. The van der Waals surface area contributed by atoms with Gasteiger partial charge < -0.3 is 10.6 Å². The molecule has 0 saturated heterocycles. The molecule has 1 heterocycles. The number of nitrogens with zero attached hydrogens (tertiary/aromatic N) is 2. The van der Waals surface area contributed by atoms with E-state index in [1.54, 1.807) is 4.90 Å². The van der Waals surface area contributed by atoms with Gasteiger partial charge in [0.1, 0.15) is 0 Å². The summed E-state index contributed by atoms with van der Waals surface area (Å²) in [7, 11) is 0. The third-order valence-corrected chi connectivity index (χ3v) is 3.18. The molecule has 0 spiro atoms. The molecule has 1 saturated carbocycles. The molecule has 0 unspecified atom stereocenters. The molecule has 1 fully saturated rings. The van der Waals surface area contributed by atoms with Crippen molar-refractivity contribution in [3.05, 3.63) is 11.4 Å². The van der Waals surface area contributed by atoms with Crippen molar-refractivity contribution >= 4 is 11.6 Å². The van der Waals surface area contributed by atoms with Crippen LogP contribution in [0.2, 0.25) is 0 Å². The molecule has 0 bridgehead atoms. The lowest BCUT2D eigenvalue weighted by Crippen LogP contribution is -2.32. The smallest absolute Gasteiger partial charge is 0.276 e. The quantitative estimate of drug-likeness (QED) is 0.817. The predicted molar refractivity (Wildman–Crippen MR) is 66.8 cm³/mol. The normalized spacial score (nSPS) is 14.9. The van der Waals surface area contributed by atoms with Crippen LogP contribution >= 0.6 is 0 Å². The number of hydrogen-bond acceptors (Lipinski definition) is 3. The van der Waals surface area contributed by atoms with Crippen molar-refractivity contribution in [1.82, 2.24) is 15.1 Å². The van der Waals surface area contributed by atoms with Crippen LogP contribution in [0.4, 0.5) is 5.69 Å². The highest BCUT2D eigenvalue weighted by Gasteiger charge is 2.31. The van der Waals surface area contributed by atoms with Crippen molar-refractivity contribution < 1.29 is 4.79 Å². The summed E-state index contributed by atoms with van der Waals surface area (Å²) in [6, 6.07) is 0. The second kappa shape index (κ2) is 4.77. The van der Waals surface area contributed by atoms with Gasteiger partial charge in [-0.3, -0.25) is 9.89 Å². The maximum absolute atomic E-state index is 12.2. The van der Waals surface area contributed by atoms with Crippen LogP contribution in [0, 0.1) is 0 Å². The number of aromatic nitrogens is 2. The summed E-state index contributed by atoms with van der Waals surface area (Å²) in [6.45, 7) is 5.47. The highest BCUT2D eigenvalue weighted by Crippen LogP contribution is 2.42. The Bertz CT molecular complexity index is 409. The van der Waals surface area contributed by atoms with Crippen LogP contribution in [-0.2, 0) is 0 Å². The molecular formula is C12H20N4O. The molecule has 17 heavy (non-hydrogen) atoms. The Labute approximate surface area is 101 Å². The average Bonchev–Trinajstić information content (AvgIpc) is 3.09. The van der Waals surface area contributed by atoms with Crippen LogP contribution < -0.4 is 5.73 Å². The van der Waals surface area contributed by atoms with E-state index in [0.29, 0.717) is 23.8 Å². The molecule has 1 aromatic heterocycles. The average molecular weight is 236 g/mol. The zero-order valence-electron chi connectivity index (χ0n) is 10.5. The van der Waals surface area contributed by atoms with Crippen molar-refractivity contribution in [2.24, 2.45) is 0 Å². The predicted octanol–water partition coefficient (Wildman–Crippen LogP) is 1.74. The molecule has 1 aromatic rings. The molecule has 94 valence electrons. The molecular weight excluding hydrogens is 216 g/mol. The fourth-order valence-electron chi connectivity index (χ4n) is 2.03. The number of nitrogens with two attached hydrogens (primary N) is 1. The van der Waals surface area contributed by atoms with Gasteiger partial charge in [-0.25, -0.2) is 0 Å². The summed E-state index contributed by atoms with van der Waals surface area (Å²) in [5.74, 6) is 0.431. The first-order valence-electron chi connectivity index (χ1n) is 6.32. The highest BCUT2D eigenvalue weighted by atomic mass is 16.2. The standard InChI is InChI=1S/C12H20N4O/c1-3-7-16(4-2)12(17)11-9(13)10(14-15-11)8-5-6-8/h8H,3-7,13H2,1-2H3,(H,14,15). The number of carbonyl (C=O) groups is 1. The Morgan fingerprint density at radius 1 is 1.53 bits per heavy atom. The zero-order valence-corrected chi connectivity index (χ0v) is 10.5. The summed E-state index contributed by atoms with van der Waals surface area (Å²) >= 11 is 0. The van der Waals surface area contributed by atoms with Crippen molar-refractivity contribution in [3.63, 3.8) is 0 Å². The summed E-state index contributed by atoms with van der Waals surface area (Å²) < 4.78 is 0. The maximum atomic E-state index is 12.2. The Kier molecular flexibility index (Phi) is 3.36. The molecule has 0 aromatic carbocycles. The third-order valence-electron chi connectivity index (χ3n) is 3.18. The van der Waals surface area contributed by atoms with E-state index in [4.69, 9.17) is 5.73 Å². The Balaban J connectivity index is 2.17. The van der Waals surface area contributed by atoms with E-state index in [9.17, 15) is 4.79 Å². The van der Waals surface area contributed by atoms with Crippen LogP contribution in [0.25, 0.3) is 0 Å². The molecule has 0 aliphatic heterocycles. The van der Waals surface area contributed by atoms with E-state index in [1.165, 1.54) is 0 Å². The van der Waals surface area contributed by atoms with Crippen LogP contribution in [-0.4, -0.2) is 34.1 Å². The summed E-state index contributed by atoms with van der Waals surface area (Å²) in [6.07, 6.45) is 3.23. The van der Waals surface area contributed by atoms with Gasteiger partial charge in [0.05, 0.1) is 11.4 Å². The van der Waals surface area contributed by atoms with E-state index in [1.807, 2.05) is 6.92 Å². The molecule has 5 heteroatoms. The number of aromatic amines is 1. The number of hydrogen-bond donors (Lipinski definition) is 2. The number of anilines is 1. The monoisotopic (exact) mass is 236 g/mol. The van der Waals surface area contributed by atoms with E-state index in [-0.39, 0.29) is 5.91 Å². The Hall–Kier alpha value is -1.52. The fraction of sp³-hybridized carbons (Fsp3) is 0.667. The third kappa shape index (κ3) is 2.28. The molecule has 2 rings (SSSR count). The fourth-order valence-corrected chi connectivity index (χ4v) is 2.03. The SMILES string of the molecule is CCCN(CC)C(=O)c1n[nH]c(C2CC2)c1N. The second-order valence-corrected chi connectivity index (χ2v) is 4.56. The van der Waals surface area contributed by atoms with Gasteiger partial charge >= 0.3 is 0 Å². The maximum Gasteiger partial charge on any atom is 0.276 e. The van der Waals surface area contributed by atoms with Gasteiger partial charge in [0, 0.05) is 19.0 Å². The van der Waals surface area contributed by atoms with E-state index >= 15 is 0 Å². The van der Waals surface area contributed by atoms with Crippen molar-refractivity contribution in [2.45, 2.75) is 39.0 Å². The van der Waals surface area contributed by atoms with Crippen molar-refractivity contribution in [1.29, 1.82) is 0 Å². The van der Waals surface area contributed by atoms with E-state index < -0.39 is 0 Å². The van der Waals surface area contributed by atoms with Crippen molar-refractivity contribution in [3.8, 4) is 0 Å². The molecule has 5 nitrogen and oxygen atoms in total. The van der Waals surface area contributed by atoms with Crippen LogP contribution in [0.1, 0.15) is 55.2 Å². The minimum absolute atomic E-state index is 0.0602. The Morgan fingerprint density at radius 3 is 2.76 bits per heavy atom. The lowest BCUT2D eigenvalue weighted by atomic mass is 10.2. The van der Waals surface area contributed by atoms with Gasteiger partial charge in [0.15, 0.2) is 5.69 Å². The first-order valence-corrected chi connectivity index (χ1v) is 6.32. The van der Waals surface area contributed by atoms with E-state index in [0.717, 1.165) is 31.5 Å². The molecule has 1 aliphatic carbocycles. The van der Waals surface area contributed by atoms with Crippen LogP contribution in [0.5, 0.6) is 0 Å². The van der Waals surface area contributed by atoms with Crippen LogP contribution in [0.15, 0.2) is 0 Å². The van der Waals surface area contributed by atoms with Crippen LogP contribution in [0.3, 0.4) is 0 Å². The summed E-state index contributed by atoms with van der Waals surface area (Å²) in [5.41, 5.74) is 7.88. The number of carbonyl (C=O) groups excluding carboxylic acids is 1. The highest BCUT2D eigenvalue weighted by molar-refractivity contribution is 5.97. The molecule has 1 amide bonds. The lowest BCUT2D eigenvalue weighted by molar-refractivity contribution is 0.0759. The van der Waals surface area contributed by atoms with Gasteiger partial charge in [0.2, 0.25) is 0 Å². The summed E-state index contributed by atoms with van der Waals surface area (Å²) in [5, 5.41) is 7.00.